The predicted molar refractivity (Wildman–Crippen MR) is 211 cm³/mol. The van der Waals surface area contributed by atoms with Crippen molar-refractivity contribution in [3.63, 3.8) is 0 Å². The Kier molecular flexibility index (Phi) is 13.6. The quantitative estimate of drug-likeness (QED) is 0.0474. The van der Waals surface area contributed by atoms with Crippen LogP contribution in [0, 0.1) is 17.0 Å². The molecule has 0 saturated heterocycles. The lowest BCUT2D eigenvalue weighted by molar-refractivity contribution is -0.131. The van der Waals surface area contributed by atoms with Crippen LogP contribution in [0.4, 0.5) is 14.5 Å². The SMILES string of the molecule is N=c1ccc2c(-c3c(F)ccc(F)c3C(=O)O)c3ccc(N)c4c3oc-2c1S(=O)(=O)NC(CS(=O)(=O)O)C(=O)NC(CS(=O)(=O)O)C(=O)NC(CS(=O)(=O)O)C(=O)NCCNS4(=O)=O. The standard InChI is InChI=1S/C31H31F2N7O19S5/c32-14-3-4-15(33)23(31(44)45)22(14)21-12-1-5-16(34)26-24(12)59-25-13(21)2-6-17(35)27(25)64(57,58)40-20(11-62(52,53)54)30(43)39-19(10-61(49,50)51)29(42)38-18(9-60(46,47)48)28(41)36-7-8-37-63(26,55)56/h1-6,18-20,35,37,40H,7-11,34H2,(H,36,41)(H,38,42)(H,39,43)(H,44,45)(H,46,47,48)(H,49,50,51)(H,52,53,54). The maximum absolute atomic E-state index is 16.0. The van der Waals surface area contributed by atoms with Crippen LogP contribution in [0.5, 0.6) is 0 Å². The summed E-state index contributed by atoms with van der Waals surface area (Å²) in [5, 5.41) is 22.0. The molecule has 2 aliphatic heterocycles. The fraction of sp³-hybridized carbons (Fsp3) is 0.258. The molecule has 0 saturated carbocycles. The minimum Gasteiger partial charge on any atom is -0.478 e. The normalized spacial score (nSPS) is 20.4. The van der Waals surface area contributed by atoms with Crippen molar-refractivity contribution in [1.82, 2.24) is 25.4 Å². The number of amides is 3. The molecule has 2 aromatic rings. The summed E-state index contributed by atoms with van der Waals surface area (Å²) in [5.41, 5.74) is 0.185. The number of nitrogens with one attached hydrogen (secondary N) is 6. The summed E-state index contributed by atoms with van der Waals surface area (Å²) in [4.78, 5) is 49.9. The number of benzene rings is 3. The van der Waals surface area contributed by atoms with Crippen LogP contribution in [0.25, 0.3) is 33.4 Å². The topological polar surface area (TPSA) is 443 Å². The molecular weight excluding hydrogens is 973 g/mol. The molecule has 2 bridgehead atoms. The van der Waals surface area contributed by atoms with Gasteiger partial charge in [0.15, 0.2) is 16.2 Å². The van der Waals surface area contributed by atoms with Gasteiger partial charge in [-0.2, -0.15) is 30.0 Å². The number of aromatic carboxylic acids is 1. The van der Waals surface area contributed by atoms with Gasteiger partial charge in [0.1, 0.15) is 57.5 Å². The number of sulfonamides is 2. The van der Waals surface area contributed by atoms with E-state index in [1.54, 1.807) is 10.6 Å². The molecule has 3 amide bonds. The van der Waals surface area contributed by atoms with Crippen molar-refractivity contribution in [2.24, 2.45) is 0 Å². The Bertz CT molecular complexity index is 3260. The number of nitrogens with two attached hydrogens (primary N) is 1. The van der Waals surface area contributed by atoms with Gasteiger partial charge in [0.05, 0.1) is 11.0 Å². The van der Waals surface area contributed by atoms with Crippen molar-refractivity contribution < 1.29 is 93.2 Å². The molecule has 12 N–H and O–H groups in total. The van der Waals surface area contributed by atoms with Gasteiger partial charge in [0, 0.05) is 35.2 Å². The second-order valence-electron chi connectivity index (χ2n) is 13.5. The highest BCUT2D eigenvalue weighted by Gasteiger charge is 2.39. The Morgan fingerprint density at radius 2 is 1.27 bits per heavy atom. The van der Waals surface area contributed by atoms with Crippen LogP contribution in [-0.4, -0.2) is 133 Å². The van der Waals surface area contributed by atoms with E-state index in [1.165, 1.54) is 4.72 Å². The first-order chi connectivity index (χ1) is 29.3. The lowest BCUT2D eigenvalue weighted by atomic mass is 9.90. The van der Waals surface area contributed by atoms with E-state index in [4.69, 9.17) is 15.6 Å². The first-order valence-electron chi connectivity index (χ1n) is 17.2. The third-order valence-electron chi connectivity index (χ3n) is 8.83. The maximum Gasteiger partial charge on any atom is 0.339 e. The predicted octanol–water partition coefficient (Wildman–Crippen LogP) is -3.07. The Balaban J connectivity index is 1.90. The Labute approximate surface area is 358 Å². The third kappa shape index (κ3) is 10.9. The zero-order valence-corrected chi connectivity index (χ0v) is 35.6. The molecule has 348 valence electrons. The fourth-order valence-electron chi connectivity index (χ4n) is 6.32. The molecule has 3 unspecified atom stereocenters. The summed E-state index contributed by atoms with van der Waals surface area (Å²) < 4.78 is 198. The van der Waals surface area contributed by atoms with Crippen LogP contribution in [0.3, 0.4) is 0 Å². The van der Waals surface area contributed by atoms with Crippen LogP contribution in [-0.2, 0) is 64.8 Å². The molecule has 26 nitrogen and oxygen atoms in total. The monoisotopic (exact) mass is 1000 g/mol. The van der Waals surface area contributed by atoms with Crippen molar-refractivity contribution >= 4 is 90.7 Å². The van der Waals surface area contributed by atoms with E-state index in [1.807, 2.05) is 10.0 Å². The average molecular weight is 1000 g/mol. The van der Waals surface area contributed by atoms with Crippen LogP contribution in [0.1, 0.15) is 10.4 Å². The first-order valence-corrected chi connectivity index (χ1v) is 25.0. The highest BCUT2D eigenvalue weighted by Crippen LogP contribution is 2.46. The summed E-state index contributed by atoms with van der Waals surface area (Å²) in [6, 6.07) is -3.92. The number of hydrogen-bond donors (Lipinski definition) is 11. The summed E-state index contributed by atoms with van der Waals surface area (Å²) >= 11 is 0. The fourth-order valence-corrected chi connectivity index (χ4v) is 11.1. The van der Waals surface area contributed by atoms with Gasteiger partial charge in [-0.25, -0.2) is 35.1 Å². The lowest BCUT2D eigenvalue weighted by Crippen LogP contribution is -2.60. The van der Waals surface area contributed by atoms with E-state index < -0.39 is 194 Å². The molecule has 64 heavy (non-hydrogen) atoms. The molecule has 2 aromatic carbocycles. The molecule has 1 aliphatic carbocycles. The van der Waals surface area contributed by atoms with Crippen molar-refractivity contribution in [2.75, 3.05) is 36.1 Å². The van der Waals surface area contributed by atoms with Crippen LogP contribution in [0.15, 0.2) is 50.6 Å². The zero-order valence-electron chi connectivity index (χ0n) is 31.5. The Morgan fingerprint density at radius 1 is 0.734 bits per heavy atom. The number of nitrogen functional groups attached to an aromatic ring is 1. The highest BCUT2D eigenvalue weighted by molar-refractivity contribution is 7.90. The number of carbonyl (C=O) groups excluding carboxylic acids is 3. The molecule has 0 spiro atoms. The number of carboxylic acids is 1. The summed E-state index contributed by atoms with van der Waals surface area (Å²) in [6.45, 7) is -1.71. The van der Waals surface area contributed by atoms with Gasteiger partial charge in [0.2, 0.25) is 37.8 Å². The summed E-state index contributed by atoms with van der Waals surface area (Å²) in [5.74, 6) is -17.4. The number of hydrogen-bond acceptors (Lipinski definition) is 17. The van der Waals surface area contributed by atoms with Gasteiger partial charge in [-0.05, 0) is 36.4 Å². The van der Waals surface area contributed by atoms with E-state index in [-0.39, 0.29) is 0 Å². The Hall–Kier alpha value is -5.78. The minimum absolute atomic E-state index is 0.410. The molecule has 0 radical (unpaired) electrons. The van der Waals surface area contributed by atoms with Gasteiger partial charge >= 0.3 is 5.97 Å². The van der Waals surface area contributed by atoms with E-state index in [2.05, 4.69) is 0 Å². The first kappa shape index (κ1) is 49.2. The van der Waals surface area contributed by atoms with Crippen molar-refractivity contribution in [3.8, 4) is 22.5 Å². The summed E-state index contributed by atoms with van der Waals surface area (Å²) in [6.07, 6.45) is 0. The molecule has 0 aromatic heterocycles. The number of carboxylic acid groups (broad SMARTS) is 1. The molecular formula is C31H31F2N7O19S5. The lowest BCUT2D eigenvalue weighted by Gasteiger charge is -2.25. The van der Waals surface area contributed by atoms with E-state index in [0.717, 1.165) is 18.2 Å². The van der Waals surface area contributed by atoms with Crippen LogP contribution < -0.4 is 36.5 Å². The number of rotatable bonds is 8. The van der Waals surface area contributed by atoms with Crippen molar-refractivity contribution in [2.45, 2.75) is 27.9 Å². The largest absolute Gasteiger partial charge is 0.478 e. The Morgan fingerprint density at radius 3 is 1.83 bits per heavy atom. The number of carbonyl (C=O) groups is 4. The van der Waals surface area contributed by atoms with E-state index in [0.29, 0.717) is 18.2 Å². The van der Waals surface area contributed by atoms with Crippen LogP contribution in [0.2, 0.25) is 0 Å². The van der Waals surface area contributed by atoms with Crippen molar-refractivity contribution in [3.05, 3.63) is 59.0 Å². The average Bonchev–Trinajstić information content (AvgIpc) is 3.13. The second-order valence-corrected chi connectivity index (χ2v) is 21.3. The zero-order chi connectivity index (χ0) is 48.1. The van der Waals surface area contributed by atoms with Gasteiger partial charge in [-0.1, -0.05) is 0 Å². The minimum atomic E-state index is -5.81. The molecule has 0 fully saturated rings. The smallest absolute Gasteiger partial charge is 0.339 e. The molecule has 3 aliphatic rings. The van der Waals surface area contributed by atoms with E-state index >= 15 is 8.78 Å². The van der Waals surface area contributed by atoms with E-state index in [9.17, 15) is 80.0 Å². The molecule has 2 heterocycles. The van der Waals surface area contributed by atoms with Crippen molar-refractivity contribution in [1.29, 1.82) is 5.41 Å². The number of anilines is 1. The van der Waals surface area contributed by atoms with Gasteiger partial charge in [-0.15, -0.1) is 0 Å². The maximum atomic E-state index is 16.0. The highest BCUT2D eigenvalue weighted by atomic mass is 32.2. The third-order valence-corrected chi connectivity index (χ3v) is 14.2. The van der Waals surface area contributed by atoms with Crippen LogP contribution >= 0.6 is 0 Å². The van der Waals surface area contributed by atoms with Gasteiger partial charge in [0.25, 0.3) is 30.4 Å². The summed E-state index contributed by atoms with van der Waals surface area (Å²) in [7, 11) is -27.2. The second kappa shape index (κ2) is 17.7. The number of halogens is 2. The van der Waals surface area contributed by atoms with Gasteiger partial charge < -0.3 is 31.2 Å². The van der Waals surface area contributed by atoms with Gasteiger partial charge in [-0.3, -0.25) is 33.5 Å². The molecule has 33 heteroatoms. The molecule has 5 rings (SSSR count). The molecule has 3 atom stereocenters.